The lowest BCUT2D eigenvalue weighted by Gasteiger charge is -2.27. The Bertz CT molecular complexity index is 188. The van der Waals surface area contributed by atoms with Crippen LogP contribution in [-0.2, 0) is 0 Å². The molecular formula is C8H17N3OS. The lowest BCUT2D eigenvalue weighted by Crippen LogP contribution is -2.46. The van der Waals surface area contributed by atoms with Gasteiger partial charge in [0, 0.05) is 25.9 Å². The summed E-state index contributed by atoms with van der Waals surface area (Å²) in [5.74, 6) is 1.75. The minimum atomic E-state index is 0.1000. The standard InChI is InChI=1S/C8H17N3OS/c1-3-10(2)8(12)11-6-13-5-7(11)4-9/h7H,3-6,9H2,1-2H3. The van der Waals surface area contributed by atoms with Crippen LogP contribution in [0.2, 0.25) is 0 Å². The first-order valence-corrected chi connectivity index (χ1v) is 5.65. The number of urea groups is 1. The second-order valence-electron chi connectivity index (χ2n) is 3.16. The van der Waals surface area contributed by atoms with Crippen molar-refractivity contribution >= 4 is 17.8 Å². The average molecular weight is 203 g/mol. The largest absolute Gasteiger partial charge is 0.328 e. The predicted octanol–water partition coefficient (Wildman–Crippen LogP) is 0.392. The third-order valence-electron chi connectivity index (χ3n) is 2.30. The molecule has 0 radical (unpaired) electrons. The molecular weight excluding hydrogens is 186 g/mol. The summed E-state index contributed by atoms with van der Waals surface area (Å²) < 4.78 is 0. The van der Waals surface area contributed by atoms with Gasteiger partial charge in [0.25, 0.3) is 0 Å². The Balaban J connectivity index is 2.54. The summed E-state index contributed by atoms with van der Waals surface area (Å²) in [4.78, 5) is 15.3. The van der Waals surface area contributed by atoms with Crippen molar-refractivity contribution in [2.24, 2.45) is 5.73 Å². The molecule has 1 aliphatic heterocycles. The summed E-state index contributed by atoms with van der Waals surface area (Å²) in [5.41, 5.74) is 5.58. The molecule has 2 amide bonds. The van der Waals surface area contributed by atoms with Crippen LogP contribution in [0, 0.1) is 0 Å². The Hall–Kier alpha value is -0.420. The molecule has 0 bridgehead atoms. The van der Waals surface area contributed by atoms with Gasteiger partial charge in [0.15, 0.2) is 0 Å². The van der Waals surface area contributed by atoms with E-state index in [1.165, 1.54) is 0 Å². The first-order chi connectivity index (χ1) is 6.20. The van der Waals surface area contributed by atoms with Gasteiger partial charge in [-0.25, -0.2) is 4.79 Å². The van der Waals surface area contributed by atoms with Gasteiger partial charge in [-0.3, -0.25) is 0 Å². The van der Waals surface area contributed by atoms with Gasteiger partial charge in [-0.2, -0.15) is 0 Å². The predicted molar refractivity (Wildman–Crippen MR) is 55.7 cm³/mol. The fourth-order valence-electron chi connectivity index (χ4n) is 1.24. The van der Waals surface area contributed by atoms with E-state index >= 15 is 0 Å². The van der Waals surface area contributed by atoms with Crippen molar-refractivity contribution in [1.82, 2.24) is 9.80 Å². The van der Waals surface area contributed by atoms with Crippen LogP contribution < -0.4 is 5.73 Å². The van der Waals surface area contributed by atoms with E-state index in [-0.39, 0.29) is 12.1 Å². The number of carbonyl (C=O) groups is 1. The highest BCUT2D eigenvalue weighted by Crippen LogP contribution is 2.20. The van der Waals surface area contributed by atoms with Crippen molar-refractivity contribution in [3.8, 4) is 0 Å². The van der Waals surface area contributed by atoms with Gasteiger partial charge in [0.2, 0.25) is 0 Å². The highest BCUT2D eigenvalue weighted by Gasteiger charge is 2.29. The van der Waals surface area contributed by atoms with E-state index < -0.39 is 0 Å². The first-order valence-electron chi connectivity index (χ1n) is 4.50. The van der Waals surface area contributed by atoms with Gasteiger partial charge in [0.1, 0.15) is 0 Å². The van der Waals surface area contributed by atoms with E-state index in [9.17, 15) is 4.79 Å². The average Bonchev–Trinajstić information content (AvgIpc) is 2.62. The minimum Gasteiger partial charge on any atom is -0.328 e. The van der Waals surface area contributed by atoms with Crippen LogP contribution in [0.25, 0.3) is 0 Å². The Labute approximate surface area is 83.4 Å². The van der Waals surface area contributed by atoms with E-state index in [4.69, 9.17) is 5.73 Å². The zero-order chi connectivity index (χ0) is 9.84. The lowest BCUT2D eigenvalue weighted by atomic mass is 10.3. The van der Waals surface area contributed by atoms with Gasteiger partial charge >= 0.3 is 6.03 Å². The topological polar surface area (TPSA) is 49.6 Å². The van der Waals surface area contributed by atoms with E-state index in [1.54, 1.807) is 16.7 Å². The molecule has 4 nitrogen and oxygen atoms in total. The molecule has 5 heteroatoms. The summed E-state index contributed by atoms with van der Waals surface area (Å²) >= 11 is 1.77. The highest BCUT2D eigenvalue weighted by molar-refractivity contribution is 7.99. The zero-order valence-electron chi connectivity index (χ0n) is 8.19. The minimum absolute atomic E-state index is 0.1000. The van der Waals surface area contributed by atoms with Gasteiger partial charge < -0.3 is 15.5 Å². The first kappa shape index (κ1) is 10.7. The van der Waals surface area contributed by atoms with E-state index in [0.29, 0.717) is 6.54 Å². The number of carbonyl (C=O) groups excluding carboxylic acids is 1. The number of hydrogen-bond donors (Lipinski definition) is 1. The molecule has 1 unspecified atom stereocenters. The molecule has 0 aromatic heterocycles. The van der Waals surface area contributed by atoms with Gasteiger partial charge in [0.05, 0.1) is 11.9 Å². The SMILES string of the molecule is CCN(C)C(=O)N1CSCC1CN. The molecule has 76 valence electrons. The van der Waals surface area contributed by atoms with Gasteiger partial charge in [-0.05, 0) is 6.92 Å². The number of amides is 2. The summed E-state index contributed by atoms with van der Waals surface area (Å²) in [7, 11) is 1.82. The van der Waals surface area contributed by atoms with E-state index in [0.717, 1.165) is 18.2 Å². The fourth-order valence-corrected chi connectivity index (χ4v) is 2.46. The lowest BCUT2D eigenvalue weighted by molar-refractivity contribution is 0.164. The molecule has 1 rings (SSSR count). The molecule has 0 saturated carbocycles. The molecule has 2 N–H and O–H groups in total. The maximum absolute atomic E-state index is 11.7. The number of thioether (sulfide) groups is 1. The fraction of sp³-hybridized carbons (Fsp3) is 0.875. The Morgan fingerprint density at radius 3 is 3.00 bits per heavy atom. The quantitative estimate of drug-likeness (QED) is 0.706. The normalized spacial score (nSPS) is 22.1. The van der Waals surface area contributed by atoms with Crippen LogP contribution in [0.5, 0.6) is 0 Å². The van der Waals surface area contributed by atoms with Crippen LogP contribution >= 0.6 is 11.8 Å². The molecule has 1 aliphatic rings. The van der Waals surface area contributed by atoms with Crippen LogP contribution in [0.3, 0.4) is 0 Å². The monoisotopic (exact) mass is 203 g/mol. The molecule has 13 heavy (non-hydrogen) atoms. The van der Waals surface area contributed by atoms with E-state index in [2.05, 4.69) is 0 Å². The Morgan fingerprint density at radius 1 is 1.77 bits per heavy atom. The van der Waals surface area contributed by atoms with Crippen molar-refractivity contribution in [3.63, 3.8) is 0 Å². The molecule has 1 atom stereocenters. The van der Waals surface area contributed by atoms with Crippen LogP contribution in [-0.4, -0.2) is 53.6 Å². The van der Waals surface area contributed by atoms with E-state index in [1.807, 2.05) is 18.9 Å². The van der Waals surface area contributed by atoms with Crippen molar-refractivity contribution in [3.05, 3.63) is 0 Å². The van der Waals surface area contributed by atoms with Crippen LogP contribution in [0.4, 0.5) is 4.79 Å². The third-order valence-corrected chi connectivity index (χ3v) is 3.38. The molecule has 0 aromatic rings. The number of rotatable bonds is 2. The van der Waals surface area contributed by atoms with Crippen LogP contribution in [0.15, 0.2) is 0 Å². The molecule has 1 saturated heterocycles. The summed E-state index contributed by atoms with van der Waals surface area (Å²) in [6, 6.07) is 0.328. The summed E-state index contributed by atoms with van der Waals surface area (Å²) in [6.45, 7) is 3.28. The molecule has 0 spiro atoms. The second-order valence-corrected chi connectivity index (χ2v) is 4.16. The molecule has 1 heterocycles. The summed E-state index contributed by atoms with van der Waals surface area (Å²) in [6.07, 6.45) is 0. The maximum Gasteiger partial charge on any atom is 0.320 e. The highest BCUT2D eigenvalue weighted by atomic mass is 32.2. The van der Waals surface area contributed by atoms with Gasteiger partial charge in [-0.1, -0.05) is 0 Å². The third kappa shape index (κ3) is 2.28. The summed E-state index contributed by atoms with van der Waals surface area (Å²) in [5, 5.41) is 0. The van der Waals surface area contributed by atoms with Crippen molar-refractivity contribution in [2.75, 3.05) is 31.8 Å². The Morgan fingerprint density at radius 2 is 2.46 bits per heavy atom. The van der Waals surface area contributed by atoms with Crippen LogP contribution in [0.1, 0.15) is 6.92 Å². The Kier molecular flexibility index (Phi) is 3.87. The van der Waals surface area contributed by atoms with Crippen molar-refractivity contribution in [1.29, 1.82) is 0 Å². The number of nitrogens with two attached hydrogens (primary N) is 1. The molecule has 0 aromatic carbocycles. The number of hydrogen-bond acceptors (Lipinski definition) is 3. The number of nitrogens with zero attached hydrogens (tertiary/aromatic N) is 2. The molecule has 0 aliphatic carbocycles. The maximum atomic E-state index is 11.7. The van der Waals surface area contributed by atoms with Crippen molar-refractivity contribution in [2.45, 2.75) is 13.0 Å². The smallest absolute Gasteiger partial charge is 0.320 e. The second kappa shape index (κ2) is 4.72. The molecule has 1 fully saturated rings. The van der Waals surface area contributed by atoms with Gasteiger partial charge in [-0.15, -0.1) is 11.8 Å². The zero-order valence-corrected chi connectivity index (χ0v) is 9.01. The van der Waals surface area contributed by atoms with Crippen molar-refractivity contribution < 1.29 is 4.79 Å².